The Hall–Kier alpha value is -3.15. The summed E-state index contributed by atoms with van der Waals surface area (Å²) < 4.78 is 5.06. The van der Waals surface area contributed by atoms with Gasteiger partial charge in [0.2, 0.25) is 5.91 Å². The summed E-state index contributed by atoms with van der Waals surface area (Å²) in [5, 5.41) is 5.42. The molecule has 0 aliphatic rings. The maximum absolute atomic E-state index is 12.1. The van der Waals surface area contributed by atoms with Crippen LogP contribution in [0, 0.1) is 13.8 Å². The predicted octanol–water partition coefficient (Wildman–Crippen LogP) is 3.05. The minimum absolute atomic E-state index is 0.0550. The fourth-order valence-electron chi connectivity index (χ4n) is 2.57. The zero-order valence-corrected chi connectivity index (χ0v) is 15.7. The van der Waals surface area contributed by atoms with Gasteiger partial charge in [-0.25, -0.2) is 0 Å². The van der Waals surface area contributed by atoms with E-state index in [4.69, 9.17) is 4.74 Å². The van der Waals surface area contributed by atoms with E-state index in [0.717, 1.165) is 16.7 Å². The molecule has 27 heavy (non-hydrogen) atoms. The Morgan fingerprint density at radius 1 is 1.00 bits per heavy atom. The molecular formula is C21H24N2O4. The lowest BCUT2D eigenvalue weighted by Gasteiger charge is -2.17. The molecule has 0 unspecified atom stereocenters. The normalized spacial score (nSPS) is 11.4. The van der Waals surface area contributed by atoms with Crippen LogP contribution in [0.25, 0.3) is 0 Å². The molecular weight excluding hydrogens is 344 g/mol. The zero-order chi connectivity index (χ0) is 19.8. The average Bonchev–Trinajstić information content (AvgIpc) is 2.63. The van der Waals surface area contributed by atoms with Crippen LogP contribution in [0.3, 0.4) is 0 Å². The molecule has 2 aromatic carbocycles. The summed E-state index contributed by atoms with van der Waals surface area (Å²) in [6.07, 6.45) is -0.0550. The van der Waals surface area contributed by atoms with Gasteiger partial charge in [0.25, 0.3) is 5.91 Å². The summed E-state index contributed by atoms with van der Waals surface area (Å²) in [6.45, 7) is 4.95. The third-order valence-electron chi connectivity index (χ3n) is 4.11. The average molecular weight is 368 g/mol. The van der Waals surface area contributed by atoms with E-state index in [0.29, 0.717) is 5.69 Å². The number of carbonyl (C=O) groups excluding carboxylic acids is 3. The first kappa shape index (κ1) is 20.2. The van der Waals surface area contributed by atoms with Gasteiger partial charge in [-0.15, -0.1) is 0 Å². The van der Waals surface area contributed by atoms with Crippen molar-refractivity contribution in [2.24, 2.45) is 0 Å². The number of anilines is 1. The van der Waals surface area contributed by atoms with E-state index in [-0.39, 0.29) is 18.9 Å². The monoisotopic (exact) mass is 368 g/mol. The summed E-state index contributed by atoms with van der Waals surface area (Å²) in [7, 11) is 0. The molecule has 0 fully saturated rings. The van der Waals surface area contributed by atoms with Crippen molar-refractivity contribution in [3.05, 3.63) is 65.2 Å². The van der Waals surface area contributed by atoms with E-state index in [9.17, 15) is 14.4 Å². The summed E-state index contributed by atoms with van der Waals surface area (Å²) >= 11 is 0. The van der Waals surface area contributed by atoms with Gasteiger partial charge in [0.15, 0.2) is 6.61 Å². The molecule has 142 valence electrons. The highest BCUT2D eigenvalue weighted by molar-refractivity contribution is 5.93. The van der Waals surface area contributed by atoms with Crippen LogP contribution in [0.1, 0.15) is 36.1 Å². The topological polar surface area (TPSA) is 84.5 Å². The molecule has 0 saturated heterocycles. The van der Waals surface area contributed by atoms with Crippen molar-refractivity contribution in [3.63, 3.8) is 0 Å². The Morgan fingerprint density at radius 3 is 2.33 bits per heavy atom. The van der Waals surface area contributed by atoms with Crippen LogP contribution in [0.5, 0.6) is 0 Å². The number of hydrogen-bond acceptors (Lipinski definition) is 4. The highest BCUT2D eigenvalue weighted by atomic mass is 16.5. The maximum Gasteiger partial charge on any atom is 0.308 e. The molecule has 6 heteroatoms. The molecule has 6 nitrogen and oxygen atoms in total. The van der Waals surface area contributed by atoms with Crippen molar-refractivity contribution < 1.29 is 19.1 Å². The van der Waals surface area contributed by atoms with Gasteiger partial charge in [0, 0.05) is 12.6 Å². The number of aryl methyl sites for hydroxylation is 2. The smallest absolute Gasteiger partial charge is 0.308 e. The second-order valence-corrected chi connectivity index (χ2v) is 6.38. The lowest BCUT2D eigenvalue weighted by molar-refractivity contribution is -0.148. The molecule has 0 bridgehead atoms. The Morgan fingerprint density at radius 2 is 1.70 bits per heavy atom. The van der Waals surface area contributed by atoms with E-state index in [1.807, 2.05) is 56.3 Å². The summed E-state index contributed by atoms with van der Waals surface area (Å²) in [5.41, 5.74) is 3.64. The van der Waals surface area contributed by atoms with Crippen molar-refractivity contribution >= 4 is 23.5 Å². The fourth-order valence-corrected chi connectivity index (χ4v) is 2.57. The largest absolute Gasteiger partial charge is 0.455 e. The van der Waals surface area contributed by atoms with E-state index < -0.39 is 17.9 Å². The Balaban J connectivity index is 1.88. The highest BCUT2D eigenvalue weighted by Gasteiger charge is 2.18. The van der Waals surface area contributed by atoms with Crippen molar-refractivity contribution in [2.45, 2.75) is 33.2 Å². The van der Waals surface area contributed by atoms with Crippen LogP contribution in [-0.2, 0) is 19.1 Å². The molecule has 0 aliphatic heterocycles. The molecule has 2 N–H and O–H groups in total. The Kier molecular flexibility index (Phi) is 7.11. The Labute approximate surface area is 158 Å². The minimum atomic E-state index is -0.562. The lowest BCUT2D eigenvalue weighted by atomic mass is 10.0. The summed E-state index contributed by atoms with van der Waals surface area (Å²) in [4.78, 5) is 35.5. The second-order valence-electron chi connectivity index (χ2n) is 6.38. The van der Waals surface area contributed by atoms with Crippen LogP contribution in [0.4, 0.5) is 5.69 Å². The van der Waals surface area contributed by atoms with Gasteiger partial charge < -0.3 is 15.4 Å². The Bertz CT molecular complexity index is 818. The van der Waals surface area contributed by atoms with E-state index >= 15 is 0 Å². The number of esters is 1. The number of benzene rings is 2. The second kappa shape index (κ2) is 9.52. The minimum Gasteiger partial charge on any atom is -0.455 e. The van der Waals surface area contributed by atoms with Gasteiger partial charge in [-0.2, -0.15) is 0 Å². The summed E-state index contributed by atoms with van der Waals surface area (Å²) in [5.74, 6) is -1.22. The number of nitrogens with one attached hydrogen (secondary N) is 2. The first-order valence-corrected chi connectivity index (χ1v) is 8.70. The predicted molar refractivity (Wildman–Crippen MR) is 103 cm³/mol. The molecule has 0 heterocycles. The van der Waals surface area contributed by atoms with E-state index in [2.05, 4.69) is 10.6 Å². The first-order valence-electron chi connectivity index (χ1n) is 8.70. The van der Waals surface area contributed by atoms with Gasteiger partial charge in [-0.1, -0.05) is 36.4 Å². The zero-order valence-electron chi connectivity index (χ0n) is 15.7. The van der Waals surface area contributed by atoms with E-state index in [1.165, 1.54) is 6.92 Å². The SMILES string of the molecule is CC(=O)N[C@@H](CC(=O)OCC(=O)Nc1ccc(C)c(C)c1)c1ccccc1. The number of amides is 2. The van der Waals surface area contributed by atoms with Gasteiger partial charge in [-0.3, -0.25) is 14.4 Å². The summed E-state index contributed by atoms with van der Waals surface area (Å²) in [6, 6.07) is 14.2. The van der Waals surface area contributed by atoms with Crippen molar-refractivity contribution in [3.8, 4) is 0 Å². The molecule has 0 aliphatic carbocycles. The molecule has 2 amide bonds. The number of ether oxygens (including phenoxy) is 1. The van der Waals surface area contributed by atoms with Gasteiger partial charge >= 0.3 is 5.97 Å². The van der Waals surface area contributed by atoms with Crippen LogP contribution >= 0.6 is 0 Å². The third-order valence-corrected chi connectivity index (χ3v) is 4.11. The standard InChI is InChI=1S/C21H24N2O4/c1-14-9-10-18(11-15(14)2)23-20(25)13-27-21(26)12-19(22-16(3)24)17-7-5-4-6-8-17/h4-11,19H,12-13H2,1-3H3,(H,22,24)(H,23,25)/t19-/m0/s1. The quantitative estimate of drug-likeness (QED) is 0.736. The van der Waals surface area contributed by atoms with Crippen molar-refractivity contribution in [1.82, 2.24) is 5.32 Å². The molecule has 0 spiro atoms. The van der Waals surface area contributed by atoms with Crippen molar-refractivity contribution in [1.29, 1.82) is 0 Å². The lowest BCUT2D eigenvalue weighted by Crippen LogP contribution is -2.29. The molecule has 2 rings (SSSR count). The number of hydrogen-bond donors (Lipinski definition) is 2. The van der Waals surface area contributed by atoms with Crippen LogP contribution in [0.15, 0.2) is 48.5 Å². The molecule has 1 atom stereocenters. The van der Waals surface area contributed by atoms with Crippen LogP contribution in [0.2, 0.25) is 0 Å². The highest BCUT2D eigenvalue weighted by Crippen LogP contribution is 2.17. The molecule has 0 aromatic heterocycles. The van der Waals surface area contributed by atoms with Gasteiger partial charge in [-0.05, 0) is 42.7 Å². The fraction of sp³-hybridized carbons (Fsp3) is 0.286. The molecule has 0 saturated carbocycles. The van der Waals surface area contributed by atoms with Gasteiger partial charge in [0.05, 0.1) is 12.5 Å². The van der Waals surface area contributed by atoms with Crippen LogP contribution in [-0.4, -0.2) is 24.4 Å². The van der Waals surface area contributed by atoms with Crippen molar-refractivity contribution in [2.75, 3.05) is 11.9 Å². The number of rotatable bonds is 7. The van der Waals surface area contributed by atoms with E-state index in [1.54, 1.807) is 6.07 Å². The third kappa shape index (κ3) is 6.58. The number of carbonyl (C=O) groups is 3. The first-order chi connectivity index (χ1) is 12.8. The molecule has 2 aromatic rings. The van der Waals surface area contributed by atoms with Gasteiger partial charge in [0.1, 0.15) is 0 Å². The molecule has 0 radical (unpaired) electrons. The van der Waals surface area contributed by atoms with Crippen LogP contribution < -0.4 is 10.6 Å². The maximum atomic E-state index is 12.1.